The number of Topliss-reactive ketones (excluding diaryl/α,β-unsaturated/α-hetero) is 1. The third kappa shape index (κ3) is 2.82. The van der Waals surface area contributed by atoms with Gasteiger partial charge in [0, 0.05) is 13.0 Å². The van der Waals surface area contributed by atoms with Crippen molar-refractivity contribution in [2.45, 2.75) is 25.4 Å². The number of methoxy groups -OCH3 is 2. The highest BCUT2D eigenvalue weighted by molar-refractivity contribution is 5.85. The van der Waals surface area contributed by atoms with E-state index in [0.29, 0.717) is 24.5 Å². The molecule has 0 amide bonds. The van der Waals surface area contributed by atoms with Gasteiger partial charge in [0.05, 0.1) is 14.2 Å². The van der Waals surface area contributed by atoms with Gasteiger partial charge < -0.3 is 14.2 Å². The Labute approximate surface area is 107 Å². The molecule has 2 rings (SSSR count). The zero-order valence-electron chi connectivity index (χ0n) is 10.8. The van der Waals surface area contributed by atoms with Gasteiger partial charge >= 0.3 is 0 Å². The first-order valence-electron chi connectivity index (χ1n) is 6.10. The molecule has 1 aliphatic heterocycles. The van der Waals surface area contributed by atoms with Crippen LogP contribution in [0.5, 0.6) is 11.5 Å². The predicted octanol–water partition coefficient (Wildman–Crippen LogP) is 1.99. The topological polar surface area (TPSA) is 44.8 Å². The van der Waals surface area contributed by atoms with Crippen molar-refractivity contribution in [3.8, 4) is 11.5 Å². The number of carbonyl (C=O) groups excluding carboxylic acids is 1. The van der Waals surface area contributed by atoms with E-state index in [9.17, 15) is 4.79 Å². The van der Waals surface area contributed by atoms with E-state index in [2.05, 4.69) is 0 Å². The number of ether oxygens (including phenoxy) is 3. The van der Waals surface area contributed by atoms with Crippen molar-refractivity contribution in [3.05, 3.63) is 23.8 Å². The normalized spacial score (nSPS) is 18.7. The molecule has 1 fully saturated rings. The van der Waals surface area contributed by atoms with E-state index in [-0.39, 0.29) is 11.9 Å². The first kappa shape index (κ1) is 12.9. The van der Waals surface area contributed by atoms with E-state index >= 15 is 0 Å². The largest absolute Gasteiger partial charge is 0.493 e. The molecule has 4 nitrogen and oxygen atoms in total. The SMILES string of the molecule is COc1ccc(CC(=O)C2CCCO2)cc1OC. The van der Waals surface area contributed by atoms with Crippen molar-refractivity contribution in [3.63, 3.8) is 0 Å². The summed E-state index contributed by atoms with van der Waals surface area (Å²) in [5.74, 6) is 1.46. The van der Waals surface area contributed by atoms with Crippen LogP contribution < -0.4 is 9.47 Å². The summed E-state index contributed by atoms with van der Waals surface area (Å²) in [7, 11) is 3.18. The minimum absolute atomic E-state index is 0.139. The molecule has 1 aromatic carbocycles. The zero-order chi connectivity index (χ0) is 13.0. The first-order valence-corrected chi connectivity index (χ1v) is 6.10. The van der Waals surface area contributed by atoms with E-state index in [0.717, 1.165) is 18.4 Å². The van der Waals surface area contributed by atoms with Gasteiger partial charge in [0.25, 0.3) is 0 Å². The maximum Gasteiger partial charge on any atom is 0.165 e. The summed E-state index contributed by atoms with van der Waals surface area (Å²) in [6.07, 6.45) is 1.97. The molecule has 1 saturated heterocycles. The third-order valence-corrected chi connectivity index (χ3v) is 3.12. The lowest BCUT2D eigenvalue weighted by molar-refractivity contribution is -0.127. The van der Waals surface area contributed by atoms with Gasteiger partial charge in [-0.25, -0.2) is 0 Å². The number of hydrogen-bond donors (Lipinski definition) is 0. The van der Waals surface area contributed by atoms with Crippen molar-refractivity contribution in [1.29, 1.82) is 0 Å². The van der Waals surface area contributed by atoms with Crippen molar-refractivity contribution >= 4 is 5.78 Å². The Balaban J connectivity index is 2.06. The summed E-state index contributed by atoms with van der Waals surface area (Å²) in [6, 6.07) is 5.54. The summed E-state index contributed by atoms with van der Waals surface area (Å²) >= 11 is 0. The quantitative estimate of drug-likeness (QED) is 0.801. The predicted molar refractivity (Wildman–Crippen MR) is 67.2 cm³/mol. The van der Waals surface area contributed by atoms with Crippen LogP contribution in [0.15, 0.2) is 18.2 Å². The van der Waals surface area contributed by atoms with E-state index in [1.807, 2.05) is 18.2 Å². The minimum atomic E-state index is -0.224. The van der Waals surface area contributed by atoms with Crippen LogP contribution in [0.25, 0.3) is 0 Å². The molecule has 0 aromatic heterocycles. The molecule has 0 N–H and O–H groups in total. The average molecular weight is 250 g/mol. The fourth-order valence-corrected chi connectivity index (χ4v) is 2.14. The summed E-state index contributed by atoms with van der Waals surface area (Å²) in [6.45, 7) is 0.697. The third-order valence-electron chi connectivity index (χ3n) is 3.12. The number of rotatable bonds is 5. The molecular formula is C14H18O4. The van der Waals surface area contributed by atoms with Crippen LogP contribution in [-0.2, 0) is 16.0 Å². The molecule has 0 aliphatic carbocycles. The van der Waals surface area contributed by atoms with Crippen LogP contribution in [0.1, 0.15) is 18.4 Å². The Morgan fingerprint density at radius 3 is 2.72 bits per heavy atom. The number of benzene rings is 1. The lowest BCUT2D eigenvalue weighted by atomic mass is 10.0. The monoisotopic (exact) mass is 250 g/mol. The van der Waals surface area contributed by atoms with E-state index in [1.165, 1.54) is 0 Å². The van der Waals surface area contributed by atoms with Crippen molar-refractivity contribution in [1.82, 2.24) is 0 Å². The van der Waals surface area contributed by atoms with E-state index in [4.69, 9.17) is 14.2 Å². The second kappa shape index (κ2) is 5.87. The second-order valence-corrected chi connectivity index (χ2v) is 4.33. The smallest absolute Gasteiger partial charge is 0.165 e. The van der Waals surface area contributed by atoms with Crippen molar-refractivity contribution in [2.24, 2.45) is 0 Å². The molecule has 98 valence electrons. The maximum absolute atomic E-state index is 12.0. The van der Waals surface area contributed by atoms with Crippen molar-refractivity contribution < 1.29 is 19.0 Å². The van der Waals surface area contributed by atoms with Gasteiger partial charge in [-0.3, -0.25) is 4.79 Å². The Morgan fingerprint density at radius 2 is 2.11 bits per heavy atom. The molecule has 0 bridgehead atoms. The van der Waals surface area contributed by atoms with Crippen LogP contribution in [0, 0.1) is 0 Å². The molecular weight excluding hydrogens is 232 g/mol. The van der Waals surface area contributed by atoms with Crippen LogP contribution in [0.3, 0.4) is 0 Å². The number of ketones is 1. The highest BCUT2D eigenvalue weighted by Gasteiger charge is 2.23. The van der Waals surface area contributed by atoms with Gasteiger partial charge in [0.1, 0.15) is 6.10 Å². The first-order chi connectivity index (χ1) is 8.74. The van der Waals surface area contributed by atoms with Crippen LogP contribution in [0.2, 0.25) is 0 Å². The summed E-state index contributed by atoms with van der Waals surface area (Å²) < 4.78 is 15.8. The summed E-state index contributed by atoms with van der Waals surface area (Å²) in [4.78, 5) is 12.0. The minimum Gasteiger partial charge on any atom is -0.493 e. The molecule has 1 aromatic rings. The molecule has 0 spiro atoms. The molecule has 1 aliphatic rings. The lowest BCUT2D eigenvalue weighted by Gasteiger charge is -2.11. The van der Waals surface area contributed by atoms with Gasteiger partial charge in [-0.1, -0.05) is 6.07 Å². The molecule has 0 radical (unpaired) electrons. The van der Waals surface area contributed by atoms with E-state index in [1.54, 1.807) is 14.2 Å². The van der Waals surface area contributed by atoms with Crippen molar-refractivity contribution in [2.75, 3.05) is 20.8 Å². The van der Waals surface area contributed by atoms with Gasteiger partial charge in [-0.05, 0) is 30.5 Å². The molecule has 1 atom stereocenters. The summed E-state index contributed by atoms with van der Waals surface area (Å²) in [5, 5.41) is 0. The molecule has 1 unspecified atom stereocenters. The molecule has 1 heterocycles. The van der Waals surface area contributed by atoms with Gasteiger partial charge in [0.15, 0.2) is 17.3 Å². The summed E-state index contributed by atoms with van der Waals surface area (Å²) in [5.41, 5.74) is 0.924. The molecule has 4 heteroatoms. The second-order valence-electron chi connectivity index (χ2n) is 4.33. The average Bonchev–Trinajstić information content (AvgIpc) is 2.92. The van der Waals surface area contributed by atoms with Crippen LogP contribution in [0.4, 0.5) is 0 Å². The highest BCUT2D eigenvalue weighted by Crippen LogP contribution is 2.28. The molecule has 18 heavy (non-hydrogen) atoms. The van der Waals surface area contributed by atoms with E-state index < -0.39 is 0 Å². The number of hydrogen-bond acceptors (Lipinski definition) is 4. The zero-order valence-corrected chi connectivity index (χ0v) is 10.8. The van der Waals surface area contributed by atoms with Gasteiger partial charge in [0.2, 0.25) is 0 Å². The van der Waals surface area contributed by atoms with Crippen LogP contribution in [-0.4, -0.2) is 32.7 Å². The highest BCUT2D eigenvalue weighted by atomic mass is 16.5. The van der Waals surface area contributed by atoms with Gasteiger partial charge in [-0.2, -0.15) is 0 Å². The molecule has 0 saturated carbocycles. The Kier molecular flexibility index (Phi) is 4.20. The lowest BCUT2D eigenvalue weighted by Crippen LogP contribution is -2.21. The Hall–Kier alpha value is -1.55. The van der Waals surface area contributed by atoms with Crippen LogP contribution >= 0.6 is 0 Å². The maximum atomic E-state index is 12.0. The van der Waals surface area contributed by atoms with Gasteiger partial charge in [-0.15, -0.1) is 0 Å². The number of carbonyl (C=O) groups is 1. The Bertz CT molecular complexity index is 422. The standard InChI is InChI=1S/C14H18O4/c1-16-13-6-5-10(9-14(13)17-2)8-11(15)12-4-3-7-18-12/h5-6,9,12H,3-4,7-8H2,1-2H3. The fourth-order valence-electron chi connectivity index (χ4n) is 2.14. The Morgan fingerprint density at radius 1 is 1.33 bits per heavy atom. The fraction of sp³-hybridized carbons (Fsp3) is 0.500.